The molecule has 0 amide bonds. The SMILES string of the molecule is CC(C)Nc1nc(NCc2ccc(Cl)cc2)cc(C(F)(F)F)n1. The number of benzene rings is 1. The molecule has 0 aliphatic rings. The molecule has 1 aromatic carbocycles. The van der Waals surface area contributed by atoms with Crippen molar-refractivity contribution < 1.29 is 13.2 Å². The predicted molar refractivity (Wildman–Crippen MR) is 84.6 cm³/mol. The van der Waals surface area contributed by atoms with Crippen molar-refractivity contribution in [1.82, 2.24) is 9.97 Å². The normalized spacial score (nSPS) is 11.6. The third kappa shape index (κ3) is 5.28. The van der Waals surface area contributed by atoms with E-state index < -0.39 is 11.9 Å². The summed E-state index contributed by atoms with van der Waals surface area (Å²) in [6.45, 7) is 3.92. The van der Waals surface area contributed by atoms with Crippen LogP contribution in [-0.2, 0) is 12.7 Å². The van der Waals surface area contributed by atoms with Crippen molar-refractivity contribution in [2.45, 2.75) is 32.6 Å². The summed E-state index contributed by atoms with van der Waals surface area (Å²) in [7, 11) is 0. The minimum Gasteiger partial charge on any atom is -0.366 e. The quantitative estimate of drug-likeness (QED) is 0.833. The van der Waals surface area contributed by atoms with Crippen molar-refractivity contribution in [3.63, 3.8) is 0 Å². The smallest absolute Gasteiger partial charge is 0.366 e. The van der Waals surface area contributed by atoms with E-state index in [-0.39, 0.29) is 17.8 Å². The maximum absolute atomic E-state index is 12.9. The Morgan fingerprint density at radius 2 is 1.78 bits per heavy atom. The van der Waals surface area contributed by atoms with E-state index in [1.807, 2.05) is 0 Å². The maximum atomic E-state index is 12.9. The molecule has 0 bridgehead atoms. The molecule has 1 aromatic heterocycles. The molecule has 2 aromatic rings. The summed E-state index contributed by atoms with van der Waals surface area (Å²) >= 11 is 5.79. The Hall–Kier alpha value is -2.02. The van der Waals surface area contributed by atoms with Gasteiger partial charge in [-0.2, -0.15) is 18.2 Å². The Bertz CT molecular complexity index is 657. The molecule has 0 unspecified atom stereocenters. The number of halogens is 4. The van der Waals surface area contributed by atoms with E-state index in [4.69, 9.17) is 11.6 Å². The summed E-state index contributed by atoms with van der Waals surface area (Å²) in [4.78, 5) is 7.57. The summed E-state index contributed by atoms with van der Waals surface area (Å²) in [5, 5.41) is 6.25. The van der Waals surface area contributed by atoms with Crippen molar-refractivity contribution in [1.29, 1.82) is 0 Å². The Labute approximate surface area is 137 Å². The van der Waals surface area contributed by atoms with E-state index in [9.17, 15) is 13.2 Å². The molecule has 124 valence electrons. The fraction of sp³-hybridized carbons (Fsp3) is 0.333. The van der Waals surface area contributed by atoms with E-state index >= 15 is 0 Å². The number of nitrogens with zero attached hydrogens (tertiary/aromatic N) is 2. The van der Waals surface area contributed by atoms with E-state index in [1.54, 1.807) is 38.1 Å². The van der Waals surface area contributed by atoms with Gasteiger partial charge in [-0.25, -0.2) is 4.98 Å². The lowest BCUT2D eigenvalue weighted by molar-refractivity contribution is -0.141. The Morgan fingerprint density at radius 1 is 1.13 bits per heavy atom. The molecule has 1 heterocycles. The molecule has 23 heavy (non-hydrogen) atoms. The first-order chi connectivity index (χ1) is 10.7. The minimum absolute atomic E-state index is 0.0616. The first-order valence-corrected chi connectivity index (χ1v) is 7.33. The van der Waals surface area contributed by atoms with E-state index in [2.05, 4.69) is 20.6 Å². The van der Waals surface area contributed by atoms with Crippen LogP contribution in [0.15, 0.2) is 30.3 Å². The van der Waals surface area contributed by atoms with Gasteiger partial charge in [-0.05, 0) is 31.5 Å². The molecule has 0 saturated heterocycles. The number of aromatic nitrogens is 2. The Kier molecular flexibility index (Phi) is 5.30. The zero-order chi connectivity index (χ0) is 17.0. The van der Waals surface area contributed by atoms with Crippen LogP contribution in [0, 0.1) is 0 Å². The first-order valence-electron chi connectivity index (χ1n) is 6.95. The molecular weight excluding hydrogens is 329 g/mol. The summed E-state index contributed by atoms with van der Waals surface area (Å²) in [6.07, 6.45) is -4.53. The third-order valence-electron chi connectivity index (χ3n) is 2.82. The molecule has 0 fully saturated rings. The third-order valence-corrected chi connectivity index (χ3v) is 3.07. The lowest BCUT2D eigenvalue weighted by Gasteiger charge is -2.14. The van der Waals surface area contributed by atoms with Crippen molar-refractivity contribution in [3.8, 4) is 0 Å². The molecular formula is C15H16ClF3N4. The number of rotatable bonds is 5. The number of hydrogen-bond donors (Lipinski definition) is 2. The van der Waals surface area contributed by atoms with Crippen LogP contribution in [0.2, 0.25) is 5.02 Å². The van der Waals surface area contributed by atoms with Crippen LogP contribution in [0.4, 0.5) is 24.9 Å². The van der Waals surface area contributed by atoms with Crippen LogP contribution in [0.1, 0.15) is 25.1 Å². The number of alkyl halides is 3. The summed E-state index contributed by atoms with van der Waals surface area (Å²) < 4.78 is 38.8. The van der Waals surface area contributed by atoms with E-state index in [1.165, 1.54) is 0 Å². The average molecular weight is 345 g/mol. The second kappa shape index (κ2) is 7.04. The highest BCUT2D eigenvalue weighted by Gasteiger charge is 2.33. The monoisotopic (exact) mass is 344 g/mol. The van der Waals surface area contributed by atoms with Crippen LogP contribution in [0.5, 0.6) is 0 Å². The van der Waals surface area contributed by atoms with Gasteiger partial charge in [0.2, 0.25) is 5.95 Å². The van der Waals surface area contributed by atoms with Gasteiger partial charge in [-0.3, -0.25) is 0 Å². The fourth-order valence-electron chi connectivity index (χ4n) is 1.80. The van der Waals surface area contributed by atoms with Crippen LogP contribution in [-0.4, -0.2) is 16.0 Å². The zero-order valence-corrected chi connectivity index (χ0v) is 13.3. The first kappa shape index (κ1) is 17.3. The molecule has 0 spiro atoms. The standard InChI is InChI=1S/C15H16ClF3N4/c1-9(2)21-14-22-12(15(17,18)19)7-13(23-14)20-8-10-3-5-11(16)6-4-10/h3-7,9H,8H2,1-2H3,(H2,20,21,22,23). The molecule has 2 N–H and O–H groups in total. The van der Waals surface area contributed by atoms with Gasteiger partial charge in [-0.15, -0.1) is 0 Å². The van der Waals surface area contributed by atoms with Crippen molar-refractivity contribution >= 4 is 23.4 Å². The Morgan fingerprint density at radius 3 is 2.35 bits per heavy atom. The lowest BCUT2D eigenvalue weighted by Crippen LogP contribution is -2.17. The average Bonchev–Trinajstić information content (AvgIpc) is 2.45. The molecule has 2 rings (SSSR count). The number of anilines is 2. The molecule has 0 aliphatic heterocycles. The van der Waals surface area contributed by atoms with Crippen LogP contribution in [0.3, 0.4) is 0 Å². The fourth-order valence-corrected chi connectivity index (χ4v) is 1.93. The van der Waals surface area contributed by atoms with Gasteiger partial charge < -0.3 is 10.6 Å². The predicted octanol–water partition coefficient (Wildman–Crippen LogP) is 4.58. The lowest BCUT2D eigenvalue weighted by atomic mass is 10.2. The van der Waals surface area contributed by atoms with Gasteiger partial charge >= 0.3 is 6.18 Å². The van der Waals surface area contributed by atoms with Crippen molar-refractivity contribution in [2.24, 2.45) is 0 Å². The number of hydrogen-bond acceptors (Lipinski definition) is 4. The van der Waals surface area contributed by atoms with Crippen LogP contribution in [0.25, 0.3) is 0 Å². The van der Waals surface area contributed by atoms with Gasteiger partial charge in [-0.1, -0.05) is 23.7 Å². The van der Waals surface area contributed by atoms with Gasteiger partial charge in [0.25, 0.3) is 0 Å². The van der Waals surface area contributed by atoms with Gasteiger partial charge in [0.05, 0.1) is 0 Å². The molecule has 0 aliphatic carbocycles. The van der Waals surface area contributed by atoms with Gasteiger partial charge in [0.1, 0.15) is 5.82 Å². The summed E-state index contributed by atoms with van der Waals surface area (Å²) in [6, 6.07) is 7.81. The summed E-state index contributed by atoms with van der Waals surface area (Å²) in [5.41, 5.74) is -0.116. The maximum Gasteiger partial charge on any atom is 0.433 e. The van der Waals surface area contributed by atoms with Gasteiger partial charge in [0, 0.05) is 23.7 Å². The molecule has 4 nitrogen and oxygen atoms in total. The van der Waals surface area contributed by atoms with Crippen molar-refractivity contribution in [2.75, 3.05) is 10.6 Å². The molecule has 0 saturated carbocycles. The van der Waals surface area contributed by atoms with E-state index in [0.29, 0.717) is 11.6 Å². The second-order valence-electron chi connectivity index (χ2n) is 5.24. The number of nitrogens with one attached hydrogen (secondary N) is 2. The summed E-state index contributed by atoms with van der Waals surface area (Å²) in [5.74, 6) is 0.0406. The zero-order valence-electron chi connectivity index (χ0n) is 12.6. The minimum atomic E-state index is -4.53. The highest BCUT2D eigenvalue weighted by Crippen LogP contribution is 2.29. The van der Waals surface area contributed by atoms with Crippen LogP contribution >= 0.6 is 11.6 Å². The second-order valence-corrected chi connectivity index (χ2v) is 5.68. The molecule has 8 heteroatoms. The molecule has 0 radical (unpaired) electrons. The van der Waals surface area contributed by atoms with Gasteiger partial charge in [0.15, 0.2) is 5.69 Å². The highest BCUT2D eigenvalue weighted by atomic mass is 35.5. The van der Waals surface area contributed by atoms with E-state index in [0.717, 1.165) is 11.6 Å². The van der Waals surface area contributed by atoms with Crippen LogP contribution < -0.4 is 10.6 Å². The highest BCUT2D eigenvalue weighted by molar-refractivity contribution is 6.30. The largest absolute Gasteiger partial charge is 0.433 e. The molecule has 0 atom stereocenters. The Balaban J connectivity index is 2.20. The topological polar surface area (TPSA) is 49.8 Å². The van der Waals surface area contributed by atoms with Crippen molar-refractivity contribution in [3.05, 3.63) is 46.6 Å².